The Labute approximate surface area is 647 Å². The molecule has 620 valence electrons. The molecule has 19 nitrogen and oxygen atoms in total. The maximum atomic E-state index is 13.5. The zero-order chi connectivity index (χ0) is 77.4. The maximum Gasteiger partial charge on any atom is 0.220 e. The molecule has 3 aliphatic heterocycles. The Morgan fingerprint density at radius 1 is 0.346 bits per heavy atom. The van der Waals surface area contributed by atoms with Crippen molar-refractivity contribution in [1.82, 2.24) is 5.32 Å². The molecule has 0 radical (unpaired) electrons. The number of aliphatic hydroxyl groups is 11. The first-order valence-corrected chi connectivity index (χ1v) is 43.0. The van der Waals surface area contributed by atoms with E-state index < -0.39 is 124 Å². The highest BCUT2D eigenvalue weighted by Crippen LogP contribution is 2.33. The number of nitrogens with one attached hydrogen (secondary N) is 1. The zero-order valence-electron chi connectivity index (χ0n) is 66.6. The molecule has 3 fully saturated rings. The van der Waals surface area contributed by atoms with Crippen LogP contribution in [0.5, 0.6) is 0 Å². The van der Waals surface area contributed by atoms with E-state index in [1.165, 1.54) is 199 Å². The fourth-order valence-electron chi connectivity index (χ4n) is 14.0. The molecule has 12 N–H and O–H groups in total. The summed E-state index contributed by atoms with van der Waals surface area (Å²) in [7, 11) is 0. The number of carbonyl (C=O) groups excluding carboxylic acids is 1. The van der Waals surface area contributed by atoms with E-state index in [1.54, 1.807) is 6.08 Å². The number of allylic oxidation sites excluding steroid dienone is 15. The van der Waals surface area contributed by atoms with E-state index in [0.29, 0.717) is 12.8 Å². The van der Waals surface area contributed by atoms with Crippen LogP contribution < -0.4 is 5.32 Å². The van der Waals surface area contributed by atoms with Crippen molar-refractivity contribution in [3.8, 4) is 0 Å². The van der Waals surface area contributed by atoms with Crippen LogP contribution in [0.3, 0.4) is 0 Å². The van der Waals surface area contributed by atoms with Crippen molar-refractivity contribution in [2.24, 2.45) is 0 Å². The van der Waals surface area contributed by atoms with Crippen molar-refractivity contribution >= 4 is 5.91 Å². The minimum atomic E-state index is -1.99. The largest absolute Gasteiger partial charge is 0.394 e. The molecular weight excluding hydrogens is 1360 g/mol. The Morgan fingerprint density at radius 2 is 0.654 bits per heavy atom. The number of hydrogen-bond donors (Lipinski definition) is 12. The van der Waals surface area contributed by atoms with Gasteiger partial charge in [0.15, 0.2) is 18.9 Å². The van der Waals surface area contributed by atoms with Crippen LogP contribution in [0.4, 0.5) is 0 Å². The average molecular weight is 1520 g/mol. The molecule has 0 saturated carbocycles. The highest BCUT2D eigenvalue weighted by atomic mass is 16.8. The number of unbranched alkanes of at least 4 members (excludes halogenated alkanes) is 38. The Hall–Kier alpha value is -3.29. The van der Waals surface area contributed by atoms with Gasteiger partial charge in [0.2, 0.25) is 5.91 Å². The number of amides is 1. The van der Waals surface area contributed by atoms with Gasteiger partial charge in [0, 0.05) is 6.42 Å². The minimum absolute atomic E-state index is 0.228. The lowest BCUT2D eigenvalue weighted by Gasteiger charge is -2.48. The van der Waals surface area contributed by atoms with Crippen molar-refractivity contribution in [2.45, 2.75) is 426 Å². The van der Waals surface area contributed by atoms with Crippen LogP contribution in [0.1, 0.15) is 322 Å². The van der Waals surface area contributed by atoms with Gasteiger partial charge >= 0.3 is 0 Å². The summed E-state index contributed by atoms with van der Waals surface area (Å²) < 4.78 is 34.5. The predicted octanol–water partition coefficient (Wildman–Crippen LogP) is 15.5. The lowest BCUT2D eigenvalue weighted by molar-refractivity contribution is -0.379. The highest BCUT2D eigenvalue weighted by Gasteiger charge is 2.54. The van der Waals surface area contributed by atoms with Gasteiger partial charge in [-0.25, -0.2) is 0 Å². The smallest absolute Gasteiger partial charge is 0.220 e. The number of carbonyl (C=O) groups is 1. The third-order valence-corrected chi connectivity index (χ3v) is 20.9. The summed E-state index contributed by atoms with van der Waals surface area (Å²) in [6.07, 6.45) is 65.4. The molecule has 0 aromatic rings. The lowest BCUT2D eigenvalue weighted by atomic mass is 9.96. The van der Waals surface area contributed by atoms with Gasteiger partial charge in [-0.1, -0.05) is 329 Å². The number of aliphatic hydroxyl groups excluding tert-OH is 11. The third-order valence-electron chi connectivity index (χ3n) is 20.9. The molecule has 1 amide bonds. The van der Waals surface area contributed by atoms with Crippen LogP contribution >= 0.6 is 0 Å². The van der Waals surface area contributed by atoms with Crippen LogP contribution in [0.15, 0.2) is 97.2 Å². The molecule has 0 spiro atoms. The molecule has 0 bridgehead atoms. The van der Waals surface area contributed by atoms with Gasteiger partial charge in [-0.15, -0.1) is 0 Å². The normalized spacial score (nSPS) is 26.0. The lowest BCUT2D eigenvalue weighted by Crippen LogP contribution is -2.66. The van der Waals surface area contributed by atoms with E-state index in [4.69, 9.17) is 28.4 Å². The molecule has 0 aromatic carbocycles. The number of rotatable bonds is 68. The number of hydrogen-bond acceptors (Lipinski definition) is 18. The van der Waals surface area contributed by atoms with Gasteiger partial charge in [0.1, 0.15) is 73.2 Å². The highest BCUT2D eigenvalue weighted by molar-refractivity contribution is 5.76. The second-order valence-electron chi connectivity index (χ2n) is 30.3. The van der Waals surface area contributed by atoms with Crippen molar-refractivity contribution in [2.75, 3.05) is 26.4 Å². The minimum Gasteiger partial charge on any atom is -0.394 e. The average Bonchev–Trinajstić information content (AvgIpc) is 0.780. The standard InChI is InChI=1S/C88H155NO18/c1-3-5-7-9-11-13-15-17-19-21-23-25-27-29-31-33-35-37-39-41-43-45-47-49-51-53-55-57-59-61-63-65-72(93)71(89-76(94)66-64-62-60-58-56-54-52-50-48-46-44-42-40-38-36-34-32-30-28-26-24-22-20-18-16-14-12-10-8-6-4-2)70-102-86-82(100)79(97)84(74(68-91)104-86)107-88-83(101)80(98)85(75(69-92)105-88)106-87-81(99)78(96)77(95)73(67-90)103-87/h6,8,12,14,18,20,24,26,30,32,36,38,55,57,63,65,71-75,77-88,90-93,95-101H,3-5,7,9-11,13,15-17,19,21-23,25,27-29,31,33-35,37,39-54,56,58-62,64,66-70H2,1-2H3,(H,89,94)/b8-6-,14-12-,20-18-,26-24-,32-30-,38-36-,57-55+,65-63+. The molecule has 3 rings (SSSR count). The first kappa shape index (κ1) is 97.9. The van der Waals surface area contributed by atoms with Crippen LogP contribution in [0.25, 0.3) is 0 Å². The van der Waals surface area contributed by atoms with Gasteiger partial charge in [-0.2, -0.15) is 0 Å². The van der Waals surface area contributed by atoms with Gasteiger partial charge in [-0.3, -0.25) is 4.79 Å². The monoisotopic (exact) mass is 1510 g/mol. The Kier molecular flexibility index (Phi) is 61.5. The summed E-state index contributed by atoms with van der Waals surface area (Å²) in [4.78, 5) is 13.5. The van der Waals surface area contributed by atoms with E-state index in [-0.39, 0.29) is 18.9 Å². The summed E-state index contributed by atoms with van der Waals surface area (Å²) in [6.45, 7) is 1.64. The molecule has 3 saturated heterocycles. The second-order valence-corrected chi connectivity index (χ2v) is 30.3. The quantitative estimate of drug-likeness (QED) is 0.0199. The van der Waals surface area contributed by atoms with Crippen LogP contribution in [-0.2, 0) is 33.2 Å². The Morgan fingerprint density at radius 3 is 1.05 bits per heavy atom. The molecule has 3 heterocycles. The fourth-order valence-corrected chi connectivity index (χ4v) is 14.0. The molecule has 17 unspecified atom stereocenters. The van der Waals surface area contributed by atoms with Crippen molar-refractivity contribution < 1.29 is 89.4 Å². The Balaban J connectivity index is 1.37. The Bertz CT molecular complexity index is 2310. The van der Waals surface area contributed by atoms with Crippen LogP contribution in [0, 0.1) is 0 Å². The summed E-state index contributed by atoms with van der Waals surface area (Å²) in [5.74, 6) is -0.288. The van der Waals surface area contributed by atoms with E-state index in [2.05, 4.69) is 104 Å². The predicted molar refractivity (Wildman–Crippen MR) is 429 cm³/mol. The van der Waals surface area contributed by atoms with Crippen molar-refractivity contribution in [1.29, 1.82) is 0 Å². The summed E-state index contributed by atoms with van der Waals surface area (Å²) in [6, 6.07) is -0.999. The molecule has 19 heteroatoms. The fraction of sp³-hybridized carbons (Fsp3) is 0.807. The van der Waals surface area contributed by atoms with E-state index >= 15 is 0 Å². The van der Waals surface area contributed by atoms with E-state index in [9.17, 15) is 61.0 Å². The van der Waals surface area contributed by atoms with E-state index in [0.717, 1.165) is 89.9 Å². The summed E-state index contributed by atoms with van der Waals surface area (Å²) >= 11 is 0. The van der Waals surface area contributed by atoms with Crippen LogP contribution in [0.2, 0.25) is 0 Å². The van der Waals surface area contributed by atoms with Gasteiger partial charge < -0.3 is 89.9 Å². The zero-order valence-corrected chi connectivity index (χ0v) is 66.6. The van der Waals surface area contributed by atoms with Gasteiger partial charge in [0.25, 0.3) is 0 Å². The van der Waals surface area contributed by atoms with Crippen molar-refractivity contribution in [3.63, 3.8) is 0 Å². The first-order valence-electron chi connectivity index (χ1n) is 43.0. The third kappa shape index (κ3) is 46.5. The molecule has 0 aromatic heterocycles. The second kappa shape index (κ2) is 67.2. The maximum absolute atomic E-state index is 13.5. The van der Waals surface area contributed by atoms with E-state index in [1.807, 2.05) is 6.08 Å². The number of ether oxygens (including phenoxy) is 6. The summed E-state index contributed by atoms with van der Waals surface area (Å²) in [5.41, 5.74) is 0. The molecular formula is C88H155NO18. The van der Waals surface area contributed by atoms with Crippen LogP contribution in [-0.4, -0.2) is 193 Å². The van der Waals surface area contributed by atoms with Gasteiger partial charge in [0.05, 0.1) is 38.6 Å². The molecule has 0 aliphatic carbocycles. The van der Waals surface area contributed by atoms with Gasteiger partial charge in [-0.05, 0) is 83.5 Å². The summed E-state index contributed by atoms with van der Waals surface area (Å²) in [5, 5.41) is 121. The molecule has 3 aliphatic rings. The van der Waals surface area contributed by atoms with Crippen molar-refractivity contribution in [3.05, 3.63) is 97.2 Å². The first-order chi connectivity index (χ1) is 52.3. The topological polar surface area (TPSA) is 307 Å². The molecule has 107 heavy (non-hydrogen) atoms. The molecule has 17 atom stereocenters. The SMILES string of the molecule is CC/C=C\C/C=C\C/C=C\C/C=C\C/C=C\C/C=C\CCCCCCCCCCCCCCC(=O)NC(COC1OC(CO)C(OC2OC(CO)C(OC3OC(CO)C(O)C(O)C3O)C(O)C2O)C(O)C1O)C(O)/C=C/CC/C=C/CCCCCCCCCCCCCCCCCCCCCCCCCCC.